The van der Waals surface area contributed by atoms with Crippen LogP contribution in [0.5, 0.6) is 0 Å². The van der Waals surface area contributed by atoms with Gasteiger partial charge in [-0.2, -0.15) is 0 Å². The highest BCUT2D eigenvalue weighted by Gasteiger charge is 2.43. The minimum Gasteiger partial charge on any atom is -0.448 e. The van der Waals surface area contributed by atoms with Crippen LogP contribution in [0.2, 0.25) is 0 Å². The first kappa shape index (κ1) is 21.1. The summed E-state index contributed by atoms with van der Waals surface area (Å²) >= 11 is 0. The lowest BCUT2D eigenvalue weighted by Crippen LogP contribution is -2.23. The number of carbonyl (C=O) groups excluding carboxylic acids is 1. The number of aryl methyl sites for hydroxylation is 1. The lowest BCUT2D eigenvalue weighted by atomic mass is 9.98. The molecule has 8 nitrogen and oxygen atoms in total. The van der Waals surface area contributed by atoms with Crippen LogP contribution in [0.4, 0.5) is 0 Å². The summed E-state index contributed by atoms with van der Waals surface area (Å²) in [6.07, 6.45) is 2.93. The van der Waals surface area contributed by atoms with Gasteiger partial charge in [-0.1, -0.05) is 61.9 Å². The van der Waals surface area contributed by atoms with Crippen LogP contribution in [0.15, 0.2) is 48.5 Å². The fraction of sp³-hybridized carbons (Fsp3) is 0.320. The van der Waals surface area contributed by atoms with Gasteiger partial charge in [0.05, 0.1) is 5.69 Å². The van der Waals surface area contributed by atoms with Crippen molar-refractivity contribution in [1.29, 1.82) is 0 Å². The number of H-pyrrole nitrogens is 1. The van der Waals surface area contributed by atoms with Crippen molar-refractivity contribution in [2.45, 2.75) is 52.2 Å². The second-order valence-corrected chi connectivity index (χ2v) is 8.81. The molecule has 0 bridgehead atoms. The Hall–Kier alpha value is -3.81. The Morgan fingerprint density at radius 2 is 1.82 bits per heavy atom. The van der Waals surface area contributed by atoms with Crippen LogP contribution in [0.3, 0.4) is 0 Å². The third-order valence-electron chi connectivity index (χ3n) is 6.05. The van der Waals surface area contributed by atoms with E-state index in [1.54, 1.807) is 0 Å². The molecule has 8 heteroatoms. The smallest absolute Gasteiger partial charge is 0.359 e. The molecule has 168 valence electrons. The van der Waals surface area contributed by atoms with Crippen LogP contribution in [-0.2, 0) is 23.3 Å². The number of ether oxygens (including phenoxy) is 1. The minimum atomic E-state index is -0.687. The third-order valence-corrected chi connectivity index (χ3v) is 6.05. The molecule has 2 aromatic carbocycles. The standard InChI is InChI=1S/C25H26N6O2/c1-4-5-10-20-26-21-22(25(2,3)33-24(21)32)31(20)15-16-11-13-17(14-12-16)18-8-6-7-9-19(18)23-27-29-30-28-23/h6-9,11-14H,4-5,10,15H2,1-3H3,(H,27,28,29,30). The molecule has 0 saturated carbocycles. The zero-order chi connectivity index (χ0) is 23.0. The number of unbranched alkanes of at least 4 members (excludes halogenated alkanes) is 1. The number of nitrogens with one attached hydrogen (secondary N) is 1. The summed E-state index contributed by atoms with van der Waals surface area (Å²) in [5.74, 6) is 1.25. The van der Waals surface area contributed by atoms with Crippen LogP contribution in [-0.4, -0.2) is 36.1 Å². The van der Waals surface area contributed by atoms with Crippen molar-refractivity contribution < 1.29 is 9.53 Å². The van der Waals surface area contributed by atoms with Crippen molar-refractivity contribution in [2.24, 2.45) is 0 Å². The maximum absolute atomic E-state index is 12.4. The maximum Gasteiger partial charge on any atom is 0.359 e. The molecule has 3 heterocycles. The number of rotatable bonds is 7. The number of aromatic amines is 1. The molecule has 0 amide bonds. The number of aromatic nitrogens is 6. The molecule has 2 aromatic heterocycles. The predicted molar refractivity (Wildman–Crippen MR) is 123 cm³/mol. The van der Waals surface area contributed by atoms with E-state index < -0.39 is 5.60 Å². The van der Waals surface area contributed by atoms with Gasteiger partial charge in [-0.3, -0.25) is 0 Å². The van der Waals surface area contributed by atoms with E-state index in [1.165, 1.54) is 0 Å². The van der Waals surface area contributed by atoms with Gasteiger partial charge in [0, 0.05) is 18.5 Å². The van der Waals surface area contributed by atoms with Gasteiger partial charge in [0.2, 0.25) is 0 Å². The Morgan fingerprint density at radius 1 is 1.06 bits per heavy atom. The zero-order valence-corrected chi connectivity index (χ0v) is 19.0. The van der Waals surface area contributed by atoms with E-state index in [0.29, 0.717) is 18.1 Å². The minimum absolute atomic E-state index is 0.333. The van der Waals surface area contributed by atoms with Gasteiger partial charge in [-0.05, 0) is 47.4 Å². The molecule has 1 aliphatic heterocycles. The number of tetrazole rings is 1. The lowest BCUT2D eigenvalue weighted by Gasteiger charge is -2.22. The van der Waals surface area contributed by atoms with E-state index in [-0.39, 0.29) is 5.97 Å². The summed E-state index contributed by atoms with van der Waals surface area (Å²) in [7, 11) is 0. The Balaban J connectivity index is 1.48. The molecular formula is C25H26N6O2. The SMILES string of the molecule is CCCCc1nc2c(n1Cc1ccc(-c3ccccc3-c3nnn[nH]3)cc1)C(C)(C)OC2=O. The van der Waals surface area contributed by atoms with Crippen LogP contribution < -0.4 is 0 Å². The van der Waals surface area contributed by atoms with Gasteiger partial charge < -0.3 is 9.30 Å². The van der Waals surface area contributed by atoms with Crippen LogP contribution in [0, 0.1) is 0 Å². The van der Waals surface area contributed by atoms with Crippen molar-refractivity contribution in [2.75, 3.05) is 0 Å². The Kier molecular flexibility index (Phi) is 5.28. The van der Waals surface area contributed by atoms with Crippen LogP contribution >= 0.6 is 0 Å². The van der Waals surface area contributed by atoms with Gasteiger partial charge in [0.25, 0.3) is 0 Å². The fourth-order valence-corrected chi connectivity index (χ4v) is 4.46. The highest BCUT2D eigenvalue weighted by Crippen LogP contribution is 2.37. The molecule has 0 spiro atoms. The summed E-state index contributed by atoms with van der Waals surface area (Å²) in [6, 6.07) is 16.5. The van der Waals surface area contributed by atoms with E-state index in [1.807, 2.05) is 32.0 Å². The zero-order valence-electron chi connectivity index (χ0n) is 19.0. The van der Waals surface area contributed by atoms with Crippen LogP contribution in [0.1, 0.15) is 61.2 Å². The maximum atomic E-state index is 12.4. The number of nitrogens with zero attached hydrogens (tertiary/aromatic N) is 5. The number of esters is 1. The number of cyclic esters (lactones) is 1. The Morgan fingerprint density at radius 3 is 2.52 bits per heavy atom. The first-order chi connectivity index (χ1) is 16.0. The van der Waals surface area contributed by atoms with E-state index >= 15 is 0 Å². The molecule has 1 N–H and O–H groups in total. The van der Waals surface area contributed by atoms with Gasteiger partial charge in [0.15, 0.2) is 11.5 Å². The van der Waals surface area contributed by atoms with E-state index in [0.717, 1.165) is 53.0 Å². The summed E-state index contributed by atoms with van der Waals surface area (Å²) < 4.78 is 7.75. The molecule has 0 aliphatic carbocycles. The Bertz CT molecular complexity index is 1290. The predicted octanol–water partition coefficient (Wildman–Crippen LogP) is 4.53. The molecule has 0 atom stereocenters. The number of fused-ring (bicyclic) bond motifs is 1. The number of carbonyl (C=O) groups is 1. The van der Waals surface area contributed by atoms with Crippen molar-refractivity contribution in [3.05, 3.63) is 71.3 Å². The molecule has 5 rings (SSSR count). The first-order valence-corrected chi connectivity index (χ1v) is 11.2. The van der Waals surface area contributed by atoms with Gasteiger partial charge in [-0.25, -0.2) is 14.9 Å². The number of benzene rings is 2. The second-order valence-electron chi connectivity index (χ2n) is 8.81. The van der Waals surface area contributed by atoms with E-state index in [9.17, 15) is 4.79 Å². The number of imidazole rings is 1. The fourth-order valence-electron chi connectivity index (χ4n) is 4.46. The molecule has 0 radical (unpaired) electrons. The highest BCUT2D eigenvalue weighted by atomic mass is 16.6. The summed E-state index contributed by atoms with van der Waals surface area (Å²) in [5.41, 5.74) is 4.84. The highest BCUT2D eigenvalue weighted by molar-refractivity contribution is 5.92. The van der Waals surface area contributed by atoms with Crippen molar-refractivity contribution >= 4 is 5.97 Å². The van der Waals surface area contributed by atoms with Gasteiger partial charge in [-0.15, -0.1) is 5.10 Å². The topological polar surface area (TPSA) is 98.6 Å². The largest absolute Gasteiger partial charge is 0.448 e. The van der Waals surface area contributed by atoms with Gasteiger partial charge in [0.1, 0.15) is 11.4 Å². The third kappa shape index (κ3) is 3.82. The summed E-state index contributed by atoms with van der Waals surface area (Å²) in [6.45, 7) is 6.65. The molecule has 4 aromatic rings. The first-order valence-electron chi connectivity index (χ1n) is 11.2. The molecular weight excluding hydrogens is 416 g/mol. The average molecular weight is 443 g/mol. The Labute approximate surface area is 192 Å². The summed E-state index contributed by atoms with van der Waals surface area (Å²) in [5, 5.41) is 14.3. The molecule has 1 aliphatic rings. The van der Waals surface area contributed by atoms with E-state index in [2.05, 4.69) is 67.4 Å². The van der Waals surface area contributed by atoms with Gasteiger partial charge >= 0.3 is 5.97 Å². The number of hydrogen-bond acceptors (Lipinski definition) is 6. The van der Waals surface area contributed by atoms with E-state index in [4.69, 9.17) is 4.74 Å². The van der Waals surface area contributed by atoms with Crippen molar-refractivity contribution in [3.63, 3.8) is 0 Å². The second kappa shape index (κ2) is 8.27. The number of hydrogen-bond donors (Lipinski definition) is 1. The lowest BCUT2D eigenvalue weighted by molar-refractivity contribution is 0.00640. The monoisotopic (exact) mass is 442 g/mol. The molecule has 0 saturated heterocycles. The quantitative estimate of drug-likeness (QED) is 0.422. The molecule has 0 fully saturated rings. The van der Waals surface area contributed by atoms with Crippen molar-refractivity contribution in [3.8, 4) is 22.5 Å². The molecule has 33 heavy (non-hydrogen) atoms. The molecule has 0 unspecified atom stereocenters. The van der Waals surface area contributed by atoms with Crippen LogP contribution in [0.25, 0.3) is 22.5 Å². The summed E-state index contributed by atoms with van der Waals surface area (Å²) in [4.78, 5) is 17.1. The average Bonchev–Trinajstić information content (AvgIpc) is 3.51. The normalized spacial score (nSPS) is 14.3. The van der Waals surface area contributed by atoms with Crippen molar-refractivity contribution in [1.82, 2.24) is 30.2 Å².